The van der Waals surface area contributed by atoms with Gasteiger partial charge in [-0.15, -0.1) is 0 Å². The second-order valence-corrected chi connectivity index (χ2v) is 10.2. The molecule has 2 aliphatic rings. The second kappa shape index (κ2) is 12.8. The van der Waals surface area contributed by atoms with Gasteiger partial charge in [-0.2, -0.15) is 26.3 Å². The molecule has 3 atom stereocenters. The predicted molar refractivity (Wildman–Crippen MR) is 137 cm³/mol. The van der Waals surface area contributed by atoms with Crippen LogP contribution >= 0.6 is 0 Å². The zero-order valence-corrected chi connectivity index (χ0v) is 23.1. The first kappa shape index (κ1) is 33.7. The normalized spacial score (nSPS) is 22.1. The van der Waals surface area contributed by atoms with Gasteiger partial charge in [-0.1, -0.05) is 6.07 Å². The molecule has 4 rings (SSSR count). The van der Waals surface area contributed by atoms with Crippen LogP contribution in [0.2, 0.25) is 0 Å². The number of ether oxygens (including phenoxy) is 2. The maximum absolute atomic E-state index is 14.1. The number of carbonyl (C=O) groups is 2. The lowest BCUT2D eigenvalue weighted by atomic mass is 9.65. The van der Waals surface area contributed by atoms with Gasteiger partial charge in [0.1, 0.15) is 11.6 Å². The first-order chi connectivity index (χ1) is 19.9. The molecule has 8 nitrogen and oxygen atoms in total. The van der Waals surface area contributed by atoms with Crippen LogP contribution in [0.15, 0.2) is 30.3 Å². The van der Waals surface area contributed by atoms with Crippen molar-refractivity contribution < 1.29 is 59.3 Å². The molecule has 0 bridgehead atoms. The highest BCUT2D eigenvalue weighted by atomic mass is 19.4. The Morgan fingerprint density at radius 3 is 2.16 bits per heavy atom. The molecule has 16 heteroatoms. The summed E-state index contributed by atoms with van der Waals surface area (Å²) in [7, 11) is 5.19. The van der Waals surface area contributed by atoms with Gasteiger partial charge in [-0.3, -0.25) is 0 Å². The van der Waals surface area contributed by atoms with E-state index in [0.717, 1.165) is 24.9 Å². The van der Waals surface area contributed by atoms with Crippen LogP contribution in [-0.2, 0) is 16.4 Å². The lowest BCUT2D eigenvalue weighted by Crippen LogP contribution is -2.52. The topological polar surface area (TPSA) is 100 Å². The molecule has 1 saturated carbocycles. The van der Waals surface area contributed by atoms with E-state index in [2.05, 4.69) is 15.5 Å². The Hall–Kier alpha value is -3.82. The Morgan fingerprint density at radius 1 is 0.977 bits per heavy atom. The highest BCUT2D eigenvalue weighted by molar-refractivity contribution is 5.89. The summed E-state index contributed by atoms with van der Waals surface area (Å²) in [5.41, 5.74) is -1.41. The maximum atomic E-state index is 14.1. The van der Waals surface area contributed by atoms with Gasteiger partial charge >= 0.3 is 24.4 Å². The standard InChI is InChI=1S/C25H28F5N3O3.C2HF3O2/c1-33-9-8-24(14-4-5-20(35-2)21(10-14)36-3)7-6-15(11-22(24)33)31-23(34)32-19-13-17(26)16(12-18(19)27)25(28,29)30;3-2(4,5)1(6)7/h4-5,10,12-13,15,22H,6-9,11H2,1-3H3,(H2,31,32,34);(H,6,7)/t15-,22+,24+;/m1./s1. The van der Waals surface area contributed by atoms with Crippen LogP contribution in [0.25, 0.3) is 0 Å². The molecule has 2 amide bonds. The molecule has 3 N–H and O–H groups in total. The SMILES string of the molecule is COc1ccc([C@@]23CC[C@@H](NC(=O)Nc4cc(F)c(C(F)(F)F)cc4F)C[C@@H]2N(C)CC3)cc1OC.O=C(O)C(F)(F)F. The van der Waals surface area contributed by atoms with E-state index in [4.69, 9.17) is 19.4 Å². The summed E-state index contributed by atoms with van der Waals surface area (Å²) < 4.78 is 109. The minimum Gasteiger partial charge on any atom is -0.493 e. The molecule has 2 aromatic carbocycles. The number of carboxylic acid groups (broad SMARTS) is 1. The van der Waals surface area contributed by atoms with Gasteiger partial charge in [0.15, 0.2) is 11.5 Å². The van der Waals surface area contributed by atoms with Gasteiger partial charge in [0.25, 0.3) is 0 Å². The third-order valence-electron chi connectivity index (χ3n) is 7.67. The Kier molecular flexibility index (Phi) is 10.0. The Morgan fingerprint density at radius 2 is 1.60 bits per heavy atom. The number of halogens is 8. The van der Waals surface area contributed by atoms with Crippen LogP contribution in [-0.4, -0.2) is 68.1 Å². The van der Waals surface area contributed by atoms with E-state index in [1.165, 1.54) is 0 Å². The number of likely N-dealkylation sites (tertiary alicyclic amines) is 1. The van der Waals surface area contributed by atoms with Crippen molar-refractivity contribution >= 4 is 17.7 Å². The Labute approximate surface area is 240 Å². The average molecular weight is 628 g/mol. The van der Waals surface area contributed by atoms with Gasteiger partial charge in [0.05, 0.1) is 25.5 Å². The number of fused-ring (bicyclic) bond motifs is 1. The molecule has 0 aromatic heterocycles. The average Bonchev–Trinajstić information content (AvgIpc) is 3.26. The summed E-state index contributed by atoms with van der Waals surface area (Å²) >= 11 is 0. The van der Waals surface area contributed by atoms with Gasteiger partial charge < -0.3 is 30.1 Å². The maximum Gasteiger partial charge on any atom is 0.490 e. The van der Waals surface area contributed by atoms with Crippen LogP contribution in [0, 0.1) is 11.6 Å². The minimum absolute atomic E-state index is 0.0382. The van der Waals surface area contributed by atoms with Crippen molar-refractivity contribution in [2.24, 2.45) is 0 Å². The Balaban J connectivity index is 0.000000646. The molecule has 1 saturated heterocycles. The summed E-state index contributed by atoms with van der Waals surface area (Å²) in [6.45, 7) is 0.869. The molecule has 1 aliphatic heterocycles. The minimum atomic E-state index is -5.08. The van der Waals surface area contributed by atoms with Crippen molar-refractivity contribution in [2.75, 3.05) is 33.1 Å². The van der Waals surface area contributed by atoms with Crippen LogP contribution < -0.4 is 20.1 Å². The number of benzene rings is 2. The van der Waals surface area contributed by atoms with Crippen molar-refractivity contribution in [3.8, 4) is 11.5 Å². The van der Waals surface area contributed by atoms with E-state index in [0.29, 0.717) is 30.4 Å². The van der Waals surface area contributed by atoms with Gasteiger partial charge in [-0.05, 0) is 63.0 Å². The molecule has 43 heavy (non-hydrogen) atoms. The van der Waals surface area contributed by atoms with Gasteiger partial charge in [0, 0.05) is 23.6 Å². The van der Waals surface area contributed by atoms with Crippen molar-refractivity contribution in [1.82, 2.24) is 10.2 Å². The first-order valence-corrected chi connectivity index (χ1v) is 12.8. The first-order valence-electron chi connectivity index (χ1n) is 12.8. The number of carboxylic acids is 1. The zero-order valence-electron chi connectivity index (χ0n) is 23.1. The van der Waals surface area contributed by atoms with Crippen molar-refractivity contribution in [2.45, 2.75) is 55.5 Å². The van der Waals surface area contributed by atoms with Crippen LogP contribution in [0.3, 0.4) is 0 Å². The summed E-state index contributed by atoms with van der Waals surface area (Å²) in [4.78, 5) is 23.7. The number of nitrogens with zero attached hydrogens (tertiary/aromatic N) is 1. The molecule has 2 fully saturated rings. The number of hydrogen-bond acceptors (Lipinski definition) is 5. The molecule has 0 spiro atoms. The highest BCUT2D eigenvalue weighted by Crippen LogP contribution is 2.50. The van der Waals surface area contributed by atoms with E-state index in [9.17, 15) is 39.9 Å². The number of carbonyl (C=O) groups excluding carboxylic acids is 1. The lowest BCUT2D eigenvalue weighted by molar-refractivity contribution is -0.192. The van der Waals surface area contributed by atoms with Crippen LogP contribution in [0.1, 0.15) is 36.8 Å². The lowest BCUT2D eigenvalue weighted by Gasteiger charge is -2.45. The number of amides is 2. The molecular formula is C27H29F8N3O5. The number of hydrogen-bond donors (Lipinski definition) is 3. The fourth-order valence-electron chi connectivity index (χ4n) is 5.60. The fraction of sp³-hybridized carbons (Fsp3) is 0.481. The molecule has 0 unspecified atom stereocenters. The second-order valence-electron chi connectivity index (χ2n) is 10.2. The number of likely N-dealkylation sites (N-methyl/N-ethyl adjacent to an activating group) is 1. The number of methoxy groups -OCH3 is 2. The Bertz CT molecular complexity index is 1340. The van der Waals surface area contributed by atoms with Crippen LogP contribution in [0.5, 0.6) is 11.5 Å². The van der Waals surface area contributed by atoms with E-state index >= 15 is 0 Å². The number of alkyl halides is 6. The molecule has 1 heterocycles. The van der Waals surface area contributed by atoms with Crippen molar-refractivity contribution in [3.63, 3.8) is 0 Å². The van der Waals surface area contributed by atoms with E-state index in [1.54, 1.807) is 14.2 Å². The monoisotopic (exact) mass is 627 g/mol. The zero-order chi connectivity index (χ0) is 32.3. The highest BCUT2D eigenvalue weighted by Gasteiger charge is 2.50. The molecular weight excluding hydrogens is 598 g/mol. The smallest absolute Gasteiger partial charge is 0.490 e. The number of urea groups is 1. The molecule has 1 aliphatic carbocycles. The number of anilines is 1. The third kappa shape index (κ3) is 7.58. The quantitative estimate of drug-likeness (QED) is 0.355. The number of nitrogens with one attached hydrogen (secondary N) is 2. The van der Waals surface area contributed by atoms with E-state index in [1.807, 2.05) is 25.2 Å². The molecule has 238 valence electrons. The predicted octanol–water partition coefficient (Wildman–Crippen LogP) is 5.95. The molecule has 2 aromatic rings. The largest absolute Gasteiger partial charge is 0.493 e. The summed E-state index contributed by atoms with van der Waals surface area (Å²) in [5.74, 6) is -4.51. The molecule has 0 radical (unpaired) electrons. The third-order valence-corrected chi connectivity index (χ3v) is 7.67. The van der Waals surface area contributed by atoms with E-state index in [-0.39, 0.29) is 23.6 Å². The van der Waals surface area contributed by atoms with Crippen molar-refractivity contribution in [3.05, 3.63) is 53.1 Å². The fourth-order valence-corrected chi connectivity index (χ4v) is 5.60. The van der Waals surface area contributed by atoms with Gasteiger partial charge in [-0.25, -0.2) is 18.4 Å². The number of rotatable bonds is 5. The van der Waals surface area contributed by atoms with Crippen molar-refractivity contribution in [1.29, 1.82) is 0 Å². The van der Waals surface area contributed by atoms with Crippen LogP contribution in [0.4, 0.5) is 45.6 Å². The van der Waals surface area contributed by atoms with E-state index < -0.39 is 47.2 Å². The summed E-state index contributed by atoms with van der Waals surface area (Å²) in [5, 5.41) is 12.0. The summed E-state index contributed by atoms with van der Waals surface area (Å²) in [6.07, 6.45) is -7.18. The van der Waals surface area contributed by atoms with Gasteiger partial charge in [0.2, 0.25) is 0 Å². The number of aliphatic carboxylic acids is 1. The summed E-state index contributed by atoms with van der Waals surface area (Å²) in [6, 6.07) is 5.33.